The number of carbonyl (C=O) groups excluding carboxylic acids is 1. The number of carbonyl (C=O) groups is 1. The second-order valence-corrected chi connectivity index (χ2v) is 5.50. The quantitative estimate of drug-likeness (QED) is 0.937. The molecule has 1 aliphatic heterocycles. The van der Waals surface area contributed by atoms with Gasteiger partial charge < -0.3 is 9.73 Å². The van der Waals surface area contributed by atoms with E-state index in [-0.39, 0.29) is 5.91 Å². The van der Waals surface area contributed by atoms with Crippen molar-refractivity contribution in [1.29, 1.82) is 0 Å². The Morgan fingerprint density at radius 3 is 2.90 bits per heavy atom. The number of hydrogen-bond acceptors (Lipinski definition) is 3. The van der Waals surface area contributed by atoms with Gasteiger partial charge >= 0.3 is 0 Å². The Hall–Kier alpha value is -2.07. The lowest BCUT2D eigenvalue weighted by Gasteiger charge is -2.28. The van der Waals surface area contributed by atoms with Gasteiger partial charge in [0.05, 0.1) is 5.56 Å². The van der Waals surface area contributed by atoms with E-state index in [9.17, 15) is 4.79 Å². The summed E-state index contributed by atoms with van der Waals surface area (Å²) in [6, 6.07) is 10.3. The molecule has 1 aromatic heterocycles. The first-order valence-corrected chi connectivity index (χ1v) is 7.35. The number of fused-ring (bicyclic) bond motifs is 1. The Kier molecular flexibility index (Phi) is 4.06. The monoisotopic (exact) mass is 284 g/mol. The first-order valence-electron chi connectivity index (χ1n) is 7.35. The fourth-order valence-electron chi connectivity index (χ4n) is 2.74. The Morgan fingerprint density at radius 1 is 1.33 bits per heavy atom. The molecule has 0 unspecified atom stereocenters. The number of nitrogens with zero attached hydrogens (tertiary/aromatic N) is 1. The van der Waals surface area contributed by atoms with Crippen LogP contribution in [0.5, 0.6) is 0 Å². The summed E-state index contributed by atoms with van der Waals surface area (Å²) in [7, 11) is 0. The lowest BCUT2D eigenvalue weighted by molar-refractivity contribution is 0.0946. The minimum absolute atomic E-state index is 0.0655. The summed E-state index contributed by atoms with van der Waals surface area (Å²) in [6.45, 7) is 5.39. The fourth-order valence-corrected chi connectivity index (χ4v) is 2.74. The van der Waals surface area contributed by atoms with Gasteiger partial charge in [-0.05, 0) is 30.5 Å². The summed E-state index contributed by atoms with van der Waals surface area (Å²) in [5, 5.41) is 2.94. The number of aryl methyl sites for hydroxylation is 1. The first-order chi connectivity index (χ1) is 10.2. The summed E-state index contributed by atoms with van der Waals surface area (Å²) >= 11 is 0. The van der Waals surface area contributed by atoms with E-state index in [1.54, 1.807) is 6.07 Å². The van der Waals surface area contributed by atoms with Gasteiger partial charge in [-0.1, -0.05) is 24.3 Å². The highest BCUT2D eigenvalue weighted by Crippen LogP contribution is 2.17. The summed E-state index contributed by atoms with van der Waals surface area (Å²) in [6.07, 6.45) is 2.59. The average molecular weight is 284 g/mol. The van der Waals surface area contributed by atoms with Crippen LogP contribution in [-0.2, 0) is 13.0 Å². The minimum Gasteiger partial charge on any atom is -0.469 e. The van der Waals surface area contributed by atoms with Crippen molar-refractivity contribution in [3.8, 4) is 0 Å². The van der Waals surface area contributed by atoms with Crippen LogP contribution in [0.3, 0.4) is 0 Å². The van der Waals surface area contributed by atoms with Crippen LogP contribution in [0, 0.1) is 6.92 Å². The van der Waals surface area contributed by atoms with Crippen molar-refractivity contribution in [3.05, 3.63) is 59.0 Å². The third-order valence-corrected chi connectivity index (χ3v) is 3.92. The maximum Gasteiger partial charge on any atom is 0.254 e. The number of amides is 1. The number of nitrogens with one attached hydrogen (secondary N) is 1. The molecule has 2 aromatic rings. The third kappa shape index (κ3) is 3.34. The predicted octanol–water partition coefficient (Wildman–Crippen LogP) is 2.38. The molecule has 21 heavy (non-hydrogen) atoms. The minimum atomic E-state index is -0.0655. The topological polar surface area (TPSA) is 45.5 Å². The van der Waals surface area contributed by atoms with Gasteiger partial charge in [-0.3, -0.25) is 9.69 Å². The van der Waals surface area contributed by atoms with Crippen LogP contribution >= 0.6 is 0 Å². The normalized spacial score (nSPS) is 14.7. The average Bonchev–Trinajstić information content (AvgIpc) is 2.94. The van der Waals surface area contributed by atoms with E-state index in [0.29, 0.717) is 12.1 Å². The molecular formula is C17H20N2O2. The van der Waals surface area contributed by atoms with Crippen molar-refractivity contribution < 1.29 is 9.21 Å². The van der Waals surface area contributed by atoms with Crippen molar-refractivity contribution in [2.45, 2.75) is 19.9 Å². The maximum absolute atomic E-state index is 11.9. The zero-order valence-electron chi connectivity index (χ0n) is 12.3. The summed E-state index contributed by atoms with van der Waals surface area (Å²) in [5.41, 5.74) is 3.45. The van der Waals surface area contributed by atoms with E-state index in [0.717, 1.165) is 31.8 Å². The molecule has 0 atom stereocenters. The van der Waals surface area contributed by atoms with Crippen LogP contribution in [0.4, 0.5) is 0 Å². The maximum atomic E-state index is 11.9. The lowest BCUT2D eigenvalue weighted by Crippen LogP contribution is -2.37. The summed E-state index contributed by atoms with van der Waals surface area (Å²) in [4.78, 5) is 14.3. The molecule has 1 N–H and O–H groups in total. The molecule has 1 aromatic carbocycles. The molecule has 0 bridgehead atoms. The van der Waals surface area contributed by atoms with Crippen molar-refractivity contribution >= 4 is 5.91 Å². The van der Waals surface area contributed by atoms with Gasteiger partial charge in [0.2, 0.25) is 0 Å². The predicted molar refractivity (Wildman–Crippen MR) is 81.2 cm³/mol. The molecule has 3 rings (SSSR count). The molecule has 2 heterocycles. The SMILES string of the molecule is Cc1cc(C(=O)NCCN2CCc3ccccc3C2)co1. The van der Waals surface area contributed by atoms with Crippen molar-refractivity contribution in [2.75, 3.05) is 19.6 Å². The Labute approximate surface area is 124 Å². The molecule has 4 heteroatoms. The third-order valence-electron chi connectivity index (χ3n) is 3.92. The van der Waals surface area contributed by atoms with E-state index < -0.39 is 0 Å². The molecule has 0 fully saturated rings. The molecule has 0 saturated carbocycles. The van der Waals surface area contributed by atoms with Crippen LogP contribution in [-0.4, -0.2) is 30.4 Å². The standard InChI is InChI=1S/C17H20N2O2/c1-13-10-16(12-21-13)17(20)18-7-9-19-8-6-14-4-2-3-5-15(14)11-19/h2-5,10,12H,6-9,11H2,1H3,(H,18,20). The van der Waals surface area contributed by atoms with Crippen LogP contribution < -0.4 is 5.32 Å². The second-order valence-electron chi connectivity index (χ2n) is 5.50. The van der Waals surface area contributed by atoms with Crippen molar-refractivity contribution in [1.82, 2.24) is 10.2 Å². The highest BCUT2D eigenvalue weighted by atomic mass is 16.3. The highest BCUT2D eigenvalue weighted by molar-refractivity contribution is 5.93. The molecule has 0 aliphatic carbocycles. The van der Waals surface area contributed by atoms with Crippen LogP contribution in [0.1, 0.15) is 27.2 Å². The zero-order chi connectivity index (χ0) is 14.7. The van der Waals surface area contributed by atoms with Gasteiger partial charge in [0.25, 0.3) is 5.91 Å². The van der Waals surface area contributed by atoms with Crippen molar-refractivity contribution in [3.63, 3.8) is 0 Å². The van der Waals surface area contributed by atoms with Crippen molar-refractivity contribution in [2.24, 2.45) is 0 Å². The Morgan fingerprint density at radius 2 is 2.14 bits per heavy atom. The van der Waals surface area contributed by atoms with Gasteiger partial charge in [0.15, 0.2) is 0 Å². The van der Waals surface area contributed by atoms with E-state index in [1.165, 1.54) is 17.4 Å². The molecule has 0 spiro atoms. The molecular weight excluding hydrogens is 264 g/mol. The Bertz CT molecular complexity index is 633. The van der Waals surface area contributed by atoms with Crippen LogP contribution in [0.25, 0.3) is 0 Å². The molecule has 0 saturated heterocycles. The smallest absolute Gasteiger partial charge is 0.254 e. The van der Waals surface area contributed by atoms with E-state index >= 15 is 0 Å². The number of furan rings is 1. The highest BCUT2D eigenvalue weighted by Gasteiger charge is 2.15. The number of hydrogen-bond donors (Lipinski definition) is 1. The Balaban J connectivity index is 1.47. The summed E-state index contributed by atoms with van der Waals surface area (Å²) in [5.74, 6) is 0.692. The van der Waals surface area contributed by atoms with Gasteiger partial charge in [0, 0.05) is 26.2 Å². The molecule has 4 nitrogen and oxygen atoms in total. The number of benzene rings is 1. The lowest BCUT2D eigenvalue weighted by atomic mass is 10.00. The summed E-state index contributed by atoms with van der Waals surface area (Å²) < 4.78 is 5.15. The van der Waals surface area contributed by atoms with Crippen LogP contribution in [0.2, 0.25) is 0 Å². The largest absolute Gasteiger partial charge is 0.469 e. The second kappa shape index (κ2) is 6.14. The van der Waals surface area contributed by atoms with Crippen LogP contribution in [0.15, 0.2) is 41.0 Å². The van der Waals surface area contributed by atoms with E-state index in [2.05, 4.69) is 34.5 Å². The molecule has 1 amide bonds. The molecule has 110 valence electrons. The first kappa shape index (κ1) is 13.9. The van der Waals surface area contributed by atoms with Gasteiger partial charge in [-0.15, -0.1) is 0 Å². The van der Waals surface area contributed by atoms with E-state index in [4.69, 9.17) is 4.42 Å². The zero-order valence-corrected chi connectivity index (χ0v) is 12.3. The fraction of sp³-hybridized carbons (Fsp3) is 0.353. The molecule has 0 radical (unpaired) electrons. The number of rotatable bonds is 4. The van der Waals surface area contributed by atoms with E-state index in [1.807, 2.05) is 6.92 Å². The van der Waals surface area contributed by atoms with Gasteiger partial charge in [0.1, 0.15) is 12.0 Å². The molecule has 1 aliphatic rings. The van der Waals surface area contributed by atoms with Gasteiger partial charge in [-0.2, -0.15) is 0 Å². The van der Waals surface area contributed by atoms with Gasteiger partial charge in [-0.25, -0.2) is 0 Å².